The maximum absolute atomic E-state index is 6.47. The van der Waals surface area contributed by atoms with Crippen molar-refractivity contribution in [1.82, 2.24) is 0 Å². The Balaban J connectivity index is 0.000000246. The molecule has 10 aromatic carbocycles. The minimum Gasteiger partial charge on any atom is -0.457 e. The van der Waals surface area contributed by atoms with Gasteiger partial charge in [0.15, 0.2) is 0 Å². The number of ether oxygens (including phenoxy) is 1. The normalized spacial score (nSPS) is 15.4. The lowest BCUT2D eigenvalue weighted by Gasteiger charge is -2.29. The third kappa shape index (κ3) is 9.64. The Bertz CT molecular complexity index is 3300. The maximum atomic E-state index is 6.47. The first-order valence-corrected chi connectivity index (χ1v) is 26.0. The average molecular weight is 951 g/mol. The molecule has 0 radical (unpaired) electrons. The van der Waals surface area contributed by atoms with Crippen LogP contribution in [0.15, 0.2) is 218 Å². The molecule has 0 fully saturated rings. The van der Waals surface area contributed by atoms with Crippen LogP contribution >= 0.6 is 0 Å². The minimum absolute atomic E-state index is 0. The Hall–Kier alpha value is -7.92. The van der Waals surface area contributed by atoms with Crippen molar-refractivity contribution >= 4 is 21.5 Å². The van der Waals surface area contributed by atoms with E-state index in [9.17, 15) is 0 Å². The number of fused-ring (bicyclic) bond motifs is 11. The van der Waals surface area contributed by atoms with E-state index in [1.54, 1.807) is 6.92 Å². The molecule has 13 rings (SSSR count). The first kappa shape index (κ1) is 51.4. The Kier molecular flexibility index (Phi) is 16.0. The highest BCUT2D eigenvalue weighted by Crippen LogP contribution is 2.55. The van der Waals surface area contributed by atoms with Crippen LogP contribution in [-0.4, -0.2) is 0 Å². The van der Waals surface area contributed by atoms with Gasteiger partial charge >= 0.3 is 0 Å². The summed E-state index contributed by atoms with van der Waals surface area (Å²) < 4.78 is 6.47. The van der Waals surface area contributed by atoms with Gasteiger partial charge in [-0.05, 0) is 175 Å². The van der Waals surface area contributed by atoms with Crippen molar-refractivity contribution in [2.75, 3.05) is 0 Å². The van der Waals surface area contributed by atoms with Crippen molar-refractivity contribution in [3.05, 3.63) is 263 Å². The second kappa shape index (κ2) is 22.7. The molecule has 1 nitrogen and oxygen atoms in total. The summed E-state index contributed by atoms with van der Waals surface area (Å²) in [4.78, 5) is 0. The van der Waals surface area contributed by atoms with Crippen molar-refractivity contribution in [3.63, 3.8) is 0 Å². The molecular weight excluding hydrogens is 881 g/mol. The van der Waals surface area contributed by atoms with E-state index < -0.39 is 0 Å². The highest BCUT2D eigenvalue weighted by Gasteiger charge is 2.42. The molecule has 0 saturated heterocycles. The monoisotopic (exact) mass is 951 g/mol. The topological polar surface area (TPSA) is 9.23 Å². The standard InChI is InChI=1S/C48H34O.C13H10.C5H12.C3H4.C2H6.CH4/c1-47(43-17-9-7-15-39(43)41-27-31-11-3-5-13-33(31)29-45(41)47)35-19-23-37(24-20-35)49-38-25-21-36(22-26-38)48(2)44-18-10-8-16-40(44)42-28-32-12-4-6-14-34(32)30-46(42)48;1-3-7-12-10(5-1)9-11-6-2-4-8-13(11)12;1-3-5-4-2;1-3-2;1-2;/h3-30H,1-2H3;1-8H,9H2;3-5H2,1-2H3;1H,2H3;1-2H3;1H4. The SMILES string of the molecule is C.C#CC.CC.CC1(c2ccc(Oc3ccc(C4(C)c5ccccc5-c5cc6ccccc6cc54)cc3)cc2)c2ccccc2-c2cc3ccccc3cc21.CCCCC.c1ccc2c(c1)Cc1ccccc1-2. The third-order valence-corrected chi connectivity index (χ3v) is 14.9. The molecule has 0 saturated carbocycles. The zero-order valence-corrected chi connectivity index (χ0v) is 43.1. The van der Waals surface area contributed by atoms with Crippen molar-refractivity contribution < 1.29 is 4.74 Å². The second-order valence-corrected chi connectivity index (χ2v) is 19.1. The fourth-order valence-electron chi connectivity index (χ4n) is 11.3. The summed E-state index contributed by atoms with van der Waals surface area (Å²) in [6, 6.07) is 79.3. The summed E-state index contributed by atoms with van der Waals surface area (Å²) in [6.07, 6.45) is 9.78. The number of rotatable bonds is 6. The predicted molar refractivity (Wildman–Crippen MR) is 315 cm³/mol. The van der Waals surface area contributed by atoms with Gasteiger partial charge in [0.1, 0.15) is 11.5 Å². The molecule has 0 bridgehead atoms. The molecule has 10 aromatic rings. The smallest absolute Gasteiger partial charge is 0.127 e. The van der Waals surface area contributed by atoms with Gasteiger partial charge in [0.25, 0.3) is 0 Å². The molecule has 0 aromatic heterocycles. The van der Waals surface area contributed by atoms with Gasteiger partial charge < -0.3 is 4.74 Å². The van der Waals surface area contributed by atoms with Gasteiger partial charge in [0.05, 0.1) is 0 Å². The Morgan fingerprint density at radius 1 is 0.411 bits per heavy atom. The van der Waals surface area contributed by atoms with E-state index in [4.69, 9.17) is 4.74 Å². The van der Waals surface area contributed by atoms with Gasteiger partial charge in [0.2, 0.25) is 0 Å². The van der Waals surface area contributed by atoms with Gasteiger partial charge in [-0.2, -0.15) is 0 Å². The zero-order valence-electron chi connectivity index (χ0n) is 43.1. The van der Waals surface area contributed by atoms with Crippen LogP contribution in [0.3, 0.4) is 0 Å². The summed E-state index contributed by atoms with van der Waals surface area (Å²) in [5.41, 5.74) is 18.5. The van der Waals surface area contributed by atoms with Crippen molar-refractivity contribution in [3.8, 4) is 57.2 Å². The Labute approximate surface area is 436 Å². The molecule has 1 heteroatoms. The summed E-state index contributed by atoms with van der Waals surface area (Å²) in [5, 5.41) is 5.10. The molecule has 364 valence electrons. The van der Waals surface area contributed by atoms with Crippen LogP contribution in [0, 0.1) is 12.3 Å². The van der Waals surface area contributed by atoms with Crippen LogP contribution in [0.2, 0.25) is 0 Å². The summed E-state index contributed by atoms with van der Waals surface area (Å²) in [6.45, 7) is 14.8. The van der Waals surface area contributed by atoms with E-state index in [0.717, 1.165) is 17.9 Å². The van der Waals surface area contributed by atoms with Crippen LogP contribution in [0.5, 0.6) is 11.5 Å². The third-order valence-electron chi connectivity index (χ3n) is 14.9. The number of benzene rings is 10. The molecule has 0 spiro atoms. The highest BCUT2D eigenvalue weighted by atomic mass is 16.5. The van der Waals surface area contributed by atoms with Crippen LogP contribution in [-0.2, 0) is 17.3 Å². The molecular formula is C72H70O. The fraction of sp³-hybridized carbons (Fsp3) is 0.194. The molecule has 0 aliphatic heterocycles. The van der Waals surface area contributed by atoms with Crippen LogP contribution < -0.4 is 4.74 Å². The quantitative estimate of drug-likeness (QED) is 0.151. The van der Waals surface area contributed by atoms with Crippen molar-refractivity contribution in [2.45, 2.75) is 92.4 Å². The van der Waals surface area contributed by atoms with E-state index >= 15 is 0 Å². The molecule has 3 aliphatic carbocycles. The van der Waals surface area contributed by atoms with Gasteiger partial charge in [0, 0.05) is 10.8 Å². The van der Waals surface area contributed by atoms with E-state index in [1.165, 1.54) is 119 Å². The molecule has 73 heavy (non-hydrogen) atoms. The summed E-state index contributed by atoms with van der Waals surface area (Å²) in [7, 11) is 0. The lowest BCUT2D eigenvalue weighted by atomic mass is 9.74. The number of terminal acetylenes is 1. The van der Waals surface area contributed by atoms with Crippen LogP contribution in [0.1, 0.15) is 120 Å². The van der Waals surface area contributed by atoms with Gasteiger partial charge in [-0.3, -0.25) is 0 Å². The van der Waals surface area contributed by atoms with Crippen molar-refractivity contribution in [1.29, 1.82) is 0 Å². The molecule has 2 atom stereocenters. The first-order valence-electron chi connectivity index (χ1n) is 26.0. The fourth-order valence-corrected chi connectivity index (χ4v) is 11.3. The Morgan fingerprint density at radius 3 is 1.08 bits per heavy atom. The van der Waals surface area contributed by atoms with Gasteiger partial charge in [-0.25, -0.2) is 0 Å². The lowest BCUT2D eigenvalue weighted by Crippen LogP contribution is -2.22. The molecule has 0 heterocycles. The molecule has 3 aliphatic rings. The summed E-state index contributed by atoms with van der Waals surface area (Å²) in [5.74, 6) is 3.92. The second-order valence-electron chi connectivity index (χ2n) is 19.1. The first-order chi connectivity index (χ1) is 35.3. The predicted octanol–water partition coefficient (Wildman–Crippen LogP) is 20.2. The number of hydrogen-bond acceptors (Lipinski definition) is 1. The van der Waals surface area contributed by atoms with Crippen LogP contribution in [0.25, 0.3) is 54.9 Å². The van der Waals surface area contributed by atoms with Crippen molar-refractivity contribution in [2.24, 2.45) is 0 Å². The number of hydrogen-bond donors (Lipinski definition) is 0. The minimum atomic E-state index is -0.259. The van der Waals surface area contributed by atoms with Gasteiger partial charge in [-0.15, -0.1) is 12.3 Å². The molecule has 0 amide bonds. The van der Waals surface area contributed by atoms with E-state index in [1.807, 2.05) is 13.8 Å². The Morgan fingerprint density at radius 2 is 0.726 bits per heavy atom. The zero-order chi connectivity index (χ0) is 50.2. The van der Waals surface area contributed by atoms with Gasteiger partial charge in [-0.1, -0.05) is 224 Å². The molecule has 0 N–H and O–H groups in total. The van der Waals surface area contributed by atoms with E-state index in [-0.39, 0.29) is 18.3 Å². The highest BCUT2D eigenvalue weighted by molar-refractivity contribution is 5.96. The van der Waals surface area contributed by atoms with Crippen LogP contribution in [0.4, 0.5) is 0 Å². The maximum Gasteiger partial charge on any atom is 0.127 e. The molecule has 2 unspecified atom stereocenters. The van der Waals surface area contributed by atoms with E-state index in [2.05, 4.69) is 258 Å². The summed E-state index contributed by atoms with van der Waals surface area (Å²) >= 11 is 0. The largest absolute Gasteiger partial charge is 0.457 e. The van der Waals surface area contributed by atoms with E-state index in [0.29, 0.717) is 0 Å². The average Bonchev–Trinajstić information content (AvgIpc) is 4.03. The lowest BCUT2D eigenvalue weighted by molar-refractivity contribution is 0.481. The number of unbranched alkanes of at least 4 members (excludes halogenated alkanes) is 2.